The number of carbonyl (C=O) groups excluding carboxylic acids is 1. The van der Waals surface area contributed by atoms with E-state index in [0.717, 1.165) is 5.56 Å². The fourth-order valence-electron chi connectivity index (χ4n) is 3.76. The second-order valence-corrected chi connectivity index (χ2v) is 9.56. The minimum Gasteiger partial charge on any atom is -0.497 e. The van der Waals surface area contributed by atoms with Gasteiger partial charge in [0.05, 0.1) is 37.3 Å². The van der Waals surface area contributed by atoms with Crippen molar-refractivity contribution in [2.24, 2.45) is 5.92 Å². The summed E-state index contributed by atoms with van der Waals surface area (Å²) in [5, 5.41) is 2.87. The van der Waals surface area contributed by atoms with Gasteiger partial charge < -0.3 is 19.5 Å². The van der Waals surface area contributed by atoms with Gasteiger partial charge in [-0.15, -0.1) is 0 Å². The van der Waals surface area contributed by atoms with Crippen LogP contribution in [0.3, 0.4) is 0 Å². The van der Waals surface area contributed by atoms with Gasteiger partial charge in [0.15, 0.2) is 0 Å². The third-order valence-electron chi connectivity index (χ3n) is 5.51. The van der Waals surface area contributed by atoms with Crippen LogP contribution in [0.15, 0.2) is 41.3 Å². The molecule has 32 heavy (non-hydrogen) atoms. The highest BCUT2D eigenvalue weighted by atomic mass is 32.2. The van der Waals surface area contributed by atoms with Gasteiger partial charge in [0.25, 0.3) is 0 Å². The molecule has 0 bridgehead atoms. The van der Waals surface area contributed by atoms with Gasteiger partial charge in [-0.2, -0.15) is 4.31 Å². The number of aryl methyl sites for hydroxylation is 1. The van der Waals surface area contributed by atoms with Gasteiger partial charge in [-0.05, 0) is 62.6 Å². The van der Waals surface area contributed by atoms with Gasteiger partial charge in [-0.1, -0.05) is 0 Å². The van der Waals surface area contributed by atoms with E-state index >= 15 is 0 Å². The van der Waals surface area contributed by atoms with Crippen LogP contribution in [0.5, 0.6) is 17.2 Å². The Hall–Kier alpha value is -2.78. The van der Waals surface area contributed by atoms with Crippen LogP contribution in [-0.2, 0) is 14.8 Å². The molecule has 8 nitrogen and oxygen atoms in total. The van der Waals surface area contributed by atoms with Crippen LogP contribution in [0.4, 0.5) is 5.69 Å². The van der Waals surface area contributed by atoms with Gasteiger partial charge in [0.2, 0.25) is 15.9 Å². The Balaban J connectivity index is 1.74. The van der Waals surface area contributed by atoms with Crippen molar-refractivity contribution in [3.05, 3.63) is 42.0 Å². The second-order valence-electron chi connectivity index (χ2n) is 7.62. The van der Waals surface area contributed by atoms with E-state index in [1.807, 2.05) is 13.8 Å². The Morgan fingerprint density at radius 1 is 1.12 bits per heavy atom. The van der Waals surface area contributed by atoms with Crippen molar-refractivity contribution in [2.45, 2.75) is 31.6 Å². The van der Waals surface area contributed by atoms with Crippen LogP contribution >= 0.6 is 0 Å². The zero-order valence-corrected chi connectivity index (χ0v) is 19.7. The highest BCUT2D eigenvalue weighted by Gasteiger charge is 2.33. The molecule has 1 heterocycles. The van der Waals surface area contributed by atoms with Crippen molar-refractivity contribution in [1.29, 1.82) is 0 Å². The molecule has 1 saturated heterocycles. The number of benzene rings is 2. The maximum atomic E-state index is 13.2. The molecule has 0 aliphatic carbocycles. The van der Waals surface area contributed by atoms with Crippen LogP contribution in [0.1, 0.15) is 25.3 Å². The summed E-state index contributed by atoms with van der Waals surface area (Å²) in [5.74, 6) is 1.05. The Kier molecular flexibility index (Phi) is 7.63. The van der Waals surface area contributed by atoms with Crippen molar-refractivity contribution < 1.29 is 27.4 Å². The maximum absolute atomic E-state index is 13.2. The van der Waals surface area contributed by atoms with Gasteiger partial charge in [-0.25, -0.2) is 8.42 Å². The first-order valence-corrected chi connectivity index (χ1v) is 12.0. The Morgan fingerprint density at radius 2 is 1.91 bits per heavy atom. The number of rotatable bonds is 8. The van der Waals surface area contributed by atoms with Crippen LogP contribution in [0, 0.1) is 12.8 Å². The van der Waals surface area contributed by atoms with Gasteiger partial charge in [-0.3, -0.25) is 4.79 Å². The number of piperidine rings is 1. The minimum absolute atomic E-state index is 0.124. The SMILES string of the molecule is CCOc1ccc(S(=O)(=O)N2CCCC(C(=O)Nc3ccc(OC)cc3OC)C2)cc1C. The third-order valence-corrected chi connectivity index (χ3v) is 7.37. The number of hydrogen-bond acceptors (Lipinski definition) is 6. The maximum Gasteiger partial charge on any atom is 0.243 e. The Labute approximate surface area is 189 Å². The molecule has 2 aromatic carbocycles. The molecule has 0 saturated carbocycles. The molecule has 0 radical (unpaired) electrons. The second kappa shape index (κ2) is 10.2. The fraction of sp³-hybridized carbons (Fsp3) is 0.435. The lowest BCUT2D eigenvalue weighted by Gasteiger charge is -2.31. The molecule has 174 valence electrons. The summed E-state index contributed by atoms with van der Waals surface area (Å²) in [6.45, 7) is 4.71. The normalized spacial score (nSPS) is 16.9. The van der Waals surface area contributed by atoms with Crippen LogP contribution in [-0.4, -0.2) is 52.5 Å². The monoisotopic (exact) mass is 462 g/mol. The lowest BCUT2D eigenvalue weighted by Crippen LogP contribution is -2.43. The Bertz CT molecular complexity index is 1070. The lowest BCUT2D eigenvalue weighted by atomic mass is 9.98. The molecule has 9 heteroatoms. The molecule has 1 aliphatic heterocycles. The van der Waals surface area contributed by atoms with Gasteiger partial charge in [0, 0.05) is 19.2 Å². The first-order chi connectivity index (χ1) is 15.3. The van der Waals surface area contributed by atoms with E-state index in [-0.39, 0.29) is 17.3 Å². The van der Waals surface area contributed by atoms with Crippen LogP contribution in [0.25, 0.3) is 0 Å². The molecule has 2 aromatic rings. The number of nitrogens with zero attached hydrogens (tertiary/aromatic N) is 1. The highest BCUT2D eigenvalue weighted by molar-refractivity contribution is 7.89. The fourth-order valence-corrected chi connectivity index (χ4v) is 5.37. The number of methoxy groups -OCH3 is 2. The molecule has 1 atom stereocenters. The summed E-state index contributed by atoms with van der Waals surface area (Å²) >= 11 is 0. The number of nitrogens with one attached hydrogen (secondary N) is 1. The van der Waals surface area contributed by atoms with Gasteiger partial charge >= 0.3 is 0 Å². The van der Waals surface area contributed by atoms with Gasteiger partial charge in [0.1, 0.15) is 17.2 Å². The van der Waals surface area contributed by atoms with E-state index in [4.69, 9.17) is 14.2 Å². The molecule has 1 amide bonds. The molecule has 0 spiro atoms. The lowest BCUT2D eigenvalue weighted by molar-refractivity contribution is -0.120. The standard InChI is InChI=1S/C23H30N2O6S/c1-5-31-21-11-9-19(13-16(21)2)32(27,28)25-12-6-7-17(15-25)23(26)24-20-10-8-18(29-3)14-22(20)30-4/h8-11,13-14,17H,5-7,12,15H2,1-4H3,(H,24,26). The van der Waals surface area contributed by atoms with Crippen LogP contribution in [0.2, 0.25) is 0 Å². The van der Waals surface area contributed by atoms with Crippen molar-refractivity contribution in [1.82, 2.24) is 4.31 Å². The van der Waals surface area contributed by atoms with E-state index in [1.54, 1.807) is 43.5 Å². The molecule has 1 unspecified atom stereocenters. The zero-order chi connectivity index (χ0) is 23.3. The zero-order valence-electron chi connectivity index (χ0n) is 18.9. The molecule has 0 aromatic heterocycles. The summed E-state index contributed by atoms with van der Waals surface area (Å²) < 4.78 is 43.9. The Morgan fingerprint density at radius 3 is 2.56 bits per heavy atom. The van der Waals surface area contributed by atoms with Crippen molar-refractivity contribution in [3.8, 4) is 17.2 Å². The third kappa shape index (κ3) is 5.16. The van der Waals surface area contributed by atoms with E-state index in [2.05, 4.69) is 5.32 Å². The molecule has 1 N–H and O–H groups in total. The molecule has 1 fully saturated rings. The van der Waals surface area contributed by atoms with Crippen molar-refractivity contribution >= 4 is 21.6 Å². The summed E-state index contributed by atoms with van der Waals surface area (Å²) in [6, 6.07) is 9.96. The van der Waals surface area contributed by atoms with E-state index in [1.165, 1.54) is 11.4 Å². The molecule has 3 rings (SSSR count). The predicted octanol–water partition coefficient (Wildman–Crippen LogP) is 3.45. The van der Waals surface area contributed by atoms with Crippen molar-refractivity contribution in [2.75, 3.05) is 39.2 Å². The number of carbonyl (C=O) groups is 1. The first-order valence-electron chi connectivity index (χ1n) is 10.6. The summed E-state index contributed by atoms with van der Waals surface area (Å²) in [7, 11) is -0.657. The largest absolute Gasteiger partial charge is 0.497 e. The number of amides is 1. The quantitative estimate of drug-likeness (QED) is 0.646. The van der Waals surface area contributed by atoms with E-state index in [9.17, 15) is 13.2 Å². The number of anilines is 1. The predicted molar refractivity (Wildman–Crippen MR) is 122 cm³/mol. The molecule has 1 aliphatic rings. The highest BCUT2D eigenvalue weighted by Crippen LogP contribution is 2.31. The molecular weight excluding hydrogens is 432 g/mol. The average Bonchev–Trinajstić information content (AvgIpc) is 2.80. The number of sulfonamides is 1. The average molecular weight is 463 g/mol. The summed E-state index contributed by atoms with van der Waals surface area (Å²) in [5.41, 5.74) is 1.27. The number of ether oxygens (including phenoxy) is 3. The topological polar surface area (TPSA) is 94.2 Å². The smallest absolute Gasteiger partial charge is 0.243 e. The molecular formula is C23H30N2O6S. The summed E-state index contributed by atoms with van der Waals surface area (Å²) in [4.78, 5) is 13.1. The summed E-state index contributed by atoms with van der Waals surface area (Å²) in [6.07, 6.45) is 1.21. The first kappa shape index (κ1) is 23.9. The van der Waals surface area contributed by atoms with Crippen LogP contribution < -0.4 is 19.5 Å². The van der Waals surface area contributed by atoms with E-state index < -0.39 is 15.9 Å². The minimum atomic E-state index is -3.72. The van der Waals surface area contributed by atoms with Crippen molar-refractivity contribution in [3.63, 3.8) is 0 Å². The van der Waals surface area contributed by atoms with E-state index in [0.29, 0.717) is 48.9 Å². The number of hydrogen-bond donors (Lipinski definition) is 1.